The van der Waals surface area contributed by atoms with E-state index in [0.29, 0.717) is 11.1 Å². The number of piperazine rings is 1. The van der Waals surface area contributed by atoms with Crippen LogP contribution in [0.25, 0.3) is 27.9 Å². The summed E-state index contributed by atoms with van der Waals surface area (Å²) in [5.41, 5.74) is 4.05. The van der Waals surface area contributed by atoms with Crippen LogP contribution < -0.4 is 4.90 Å². The van der Waals surface area contributed by atoms with Crippen molar-refractivity contribution in [3.63, 3.8) is 0 Å². The third-order valence-corrected chi connectivity index (χ3v) is 7.05. The summed E-state index contributed by atoms with van der Waals surface area (Å²) in [6.45, 7) is 5.96. The molecule has 0 aliphatic carbocycles. The lowest BCUT2D eigenvalue weighted by molar-refractivity contribution is 0.176. The van der Waals surface area contributed by atoms with E-state index in [1.54, 1.807) is 0 Å². The van der Waals surface area contributed by atoms with Crippen LogP contribution in [-0.2, 0) is 13.6 Å². The predicted octanol–water partition coefficient (Wildman–Crippen LogP) is 4.65. The number of anilines is 1. The molecular weight excluding hydrogens is 446 g/mol. The van der Waals surface area contributed by atoms with Gasteiger partial charge in [0.1, 0.15) is 0 Å². The molecule has 0 bridgehead atoms. The molecule has 0 radical (unpaired) electrons. The lowest BCUT2D eigenvalue weighted by Gasteiger charge is -2.40. The number of hydrogen-bond acceptors (Lipinski definition) is 5. The second-order valence-electron chi connectivity index (χ2n) is 8.99. The van der Waals surface area contributed by atoms with Gasteiger partial charge >= 0.3 is 0 Å². The summed E-state index contributed by atoms with van der Waals surface area (Å²) in [5, 5.41) is 10.9. The minimum atomic E-state index is 0.377. The molecule has 1 unspecified atom stereocenters. The highest BCUT2D eigenvalue weighted by Crippen LogP contribution is 2.30. The number of nitrogens with zero attached hydrogens (tertiary/aromatic N) is 7. The minimum Gasteiger partial charge on any atom is -0.353 e. The molecule has 3 aromatic heterocycles. The molecule has 1 fully saturated rings. The van der Waals surface area contributed by atoms with Crippen LogP contribution >= 0.6 is 11.6 Å². The monoisotopic (exact) mass is 471 g/mol. The van der Waals surface area contributed by atoms with Crippen molar-refractivity contribution in [3.05, 3.63) is 77.6 Å². The first kappa shape index (κ1) is 21.1. The highest BCUT2D eigenvalue weighted by atomic mass is 35.5. The lowest BCUT2D eigenvalue weighted by atomic mass is 10.1. The Morgan fingerprint density at radius 1 is 0.971 bits per heavy atom. The molecule has 1 atom stereocenters. The molecule has 0 amide bonds. The maximum atomic E-state index is 6.14. The summed E-state index contributed by atoms with van der Waals surface area (Å²) < 4.78 is 4.30. The quantitative estimate of drug-likeness (QED) is 0.382. The number of fused-ring (bicyclic) bond motifs is 3. The Hall–Kier alpha value is -3.42. The van der Waals surface area contributed by atoms with Crippen molar-refractivity contribution in [2.24, 2.45) is 7.05 Å². The number of aryl methyl sites for hydroxylation is 1. The highest BCUT2D eigenvalue weighted by molar-refractivity contribution is 6.30. The molecule has 1 aliphatic heterocycles. The average Bonchev–Trinajstić information content (AvgIpc) is 3.47. The van der Waals surface area contributed by atoms with Crippen LogP contribution in [0.3, 0.4) is 0 Å². The summed E-state index contributed by atoms with van der Waals surface area (Å²) in [6, 6.07) is 20.6. The van der Waals surface area contributed by atoms with Crippen molar-refractivity contribution in [1.29, 1.82) is 0 Å². The molecule has 8 heteroatoms. The maximum absolute atomic E-state index is 6.14. The van der Waals surface area contributed by atoms with Gasteiger partial charge < -0.3 is 9.47 Å². The second-order valence-corrected chi connectivity index (χ2v) is 9.43. The van der Waals surface area contributed by atoms with Crippen molar-refractivity contribution >= 4 is 34.1 Å². The van der Waals surface area contributed by atoms with Gasteiger partial charge in [-0.2, -0.15) is 0 Å². The third-order valence-electron chi connectivity index (χ3n) is 6.80. The number of benzene rings is 2. The molecule has 6 rings (SSSR count). The van der Waals surface area contributed by atoms with E-state index in [0.717, 1.165) is 60.1 Å². The van der Waals surface area contributed by atoms with Crippen LogP contribution in [0.1, 0.15) is 12.6 Å². The predicted molar refractivity (Wildman–Crippen MR) is 136 cm³/mol. The van der Waals surface area contributed by atoms with Crippen LogP contribution in [0.5, 0.6) is 0 Å². The Balaban J connectivity index is 1.41. The number of para-hydroxylation sites is 1. The van der Waals surface area contributed by atoms with E-state index in [1.807, 2.05) is 42.5 Å². The Morgan fingerprint density at radius 3 is 2.56 bits per heavy atom. The Kier molecular flexibility index (Phi) is 5.23. The molecule has 1 aliphatic rings. The molecule has 1 saturated heterocycles. The third kappa shape index (κ3) is 3.61. The van der Waals surface area contributed by atoms with Crippen LogP contribution in [0, 0.1) is 0 Å². The van der Waals surface area contributed by atoms with E-state index in [4.69, 9.17) is 16.6 Å². The van der Waals surface area contributed by atoms with E-state index in [9.17, 15) is 0 Å². The van der Waals surface area contributed by atoms with E-state index in [1.165, 1.54) is 5.69 Å². The number of halogens is 1. The molecule has 0 spiro atoms. The number of rotatable bonds is 4. The van der Waals surface area contributed by atoms with Gasteiger partial charge in [0.2, 0.25) is 5.95 Å². The van der Waals surface area contributed by atoms with Crippen LogP contribution in [0.2, 0.25) is 5.02 Å². The fraction of sp³-hybridized carbons (Fsp3) is 0.269. The summed E-state index contributed by atoms with van der Waals surface area (Å²) >= 11 is 6.14. The first-order valence-electron chi connectivity index (χ1n) is 11.6. The van der Waals surface area contributed by atoms with E-state index in [2.05, 4.69) is 67.3 Å². The first-order valence-corrected chi connectivity index (χ1v) is 12.0. The largest absolute Gasteiger partial charge is 0.353 e. The standard InChI is InChI=1S/C26H26ClN7/c1-18-16-33(15-14-32(18)17-21-6-5-13-31(21)2)26-28-23-8-4-3-7-22(23)25-30-29-24(34(25)26)19-9-11-20(27)12-10-19/h3-13,18H,14-17H2,1-2H3. The number of aromatic nitrogens is 5. The zero-order valence-corrected chi connectivity index (χ0v) is 20.0. The second kappa shape index (κ2) is 8.42. The van der Waals surface area contributed by atoms with Gasteiger partial charge in [-0.3, -0.25) is 4.90 Å². The van der Waals surface area contributed by atoms with Gasteiger partial charge in [-0.15, -0.1) is 10.2 Å². The van der Waals surface area contributed by atoms with E-state index >= 15 is 0 Å². The van der Waals surface area contributed by atoms with Gasteiger partial charge in [0.05, 0.1) is 5.52 Å². The van der Waals surface area contributed by atoms with Crippen molar-refractivity contribution in [2.45, 2.75) is 19.5 Å². The molecule has 172 valence electrons. The Morgan fingerprint density at radius 2 is 1.79 bits per heavy atom. The average molecular weight is 472 g/mol. The topological polar surface area (TPSA) is 54.5 Å². The fourth-order valence-corrected chi connectivity index (χ4v) is 4.97. The fourth-order valence-electron chi connectivity index (χ4n) is 4.84. The molecule has 0 saturated carbocycles. The van der Waals surface area contributed by atoms with Crippen molar-refractivity contribution < 1.29 is 0 Å². The Bertz CT molecular complexity index is 1470. The molecule has 34 heavy (non-hydrogen) atoms. The van der Waals surface area contributed by atoms with Gasteiger partial charge in [0, 0.05) is 67.1 Å². The van der Waals surface area contributed by atoms with E-state index < -0.39 is 0 Å². The Labute approximate surface area is 203 Å². The SMILES string of the molecule is CC1CN(c2nc3ccccc3c3nnc(-c4ccc(Cl)cc4)n23)CCN1Cc1cccn1C. The highest BCUT2D eigenvalue weighted by Gasteiger charge is 2.28. The van der Waals surface area contributed by atoms with Crippen LogP contribution in [-0.4, -0.2) is 54.7 Å². The van der Waals surface area contributed by atoms with Crippen molar-refractivity contribution in [2.75, 3.05) is 24.5 Å². The van der Waals surface area contributed by atoms with Gasteiger partial charge in [0.15, 0.2) is 11.5 Å². The summed E-state index contributed by atoms with van der Waals surface area (Å²) in [4.78, 5) is 10.0. The zero-order valence-electron chi connectivity index (χ0n) is 19.3. The summed E-state index contributed by atoms with van der Waals surface area (Å²) in [6.07, 6.45) is 2.11. The van der Waals surface area contributed by atoms with Gasteiger partial charge in [-0.05, 0) is 55.5 Å². The van der Waals surface area contributed by atoms with Gasteiger partial charge in [-0.25, -0.2) is 9.38 Å². The maximum Gasteiger partial charge on any atom is 0.213 e. The van der Waals surface area contributed by atoms with E-state index in [-0.39, 0.29) is 0 Å². The summed E-state index contributed by atoms with van der Waals surface area (Å²) in [7, 11) is 2.11. The van der Waals surface area contributed by atoms with Crippen molar-refractivity contribution in [3.8, 4) is 11.4 Å². The molecular formula is C26H26ClN7. The normalized spacial score (nSPS) is 17.1. The molecule has 7 nitrogen and oxygen atoms in total. The minimum absolute atomic E-state index is 0.377. The molecule has 0 N–H and O–H groups in total. The van der Waals surface area contributed by atoms with Gasteiger partial charge in [0.25, 0.3) is 0 Å². The zero-order chi connectivity index (χ0) is 23.2. The van der Waals surface area contributed by atoms with Gasteiger partial charge in [-0.1, -0.05) is 23.7 Å². The molecule has 5 aromatic rings. The molecule has 4 heterocycles. The summed E-state index contributed by atoms with van der Waals surface area (Å²) in [5.74, 6) is 1.66. The van der Waals surface area contributed by atoms with Crippen molar-refractivity contribution in [1.82, 2.24) is 29.0 Å². The lowest BCUT2D eigenvalue weighted by Crippen LogP contribution is -2.52. The van der Waals surface area contributed by atoms with Crippen LogP contribution in [0.4, 0.5) is 5.95 Å². The molecule has 2 aromatic carbocycles. The van der Waals surface area contributed by atoms with Crippen LogP contribution in [0.15, 0.2) is 66.9 Å². The smallest absolute Gasteiger partial charge is 0.213 e. The number of hydrogen-bond donors (Lipinski definition) is 0. The first-order chi connectivity index (χ1) is 16.6.